The van der Waals surface area contributed by atoms with E-state index in [1.54, 1.807) is 0 Å². The Bertz CT molecular complexity index is 569. The minimum absolute atomic E-state index is 0.0407. The Morgan fingerprint density at radius 1 is 0.897 bits per heavy atom. The van der Waals surface area contributed by atoms with Gasteiger partial charge in [0.1, 0.15) is 0 Å². The third-order valence-electron chi connectivity index (χ3n) is 11.2. The van der Waals surface area contributed by atoms with Crippen molar-refractivity contribution in [3.63, 3.8) is 0 Å². The second kappa shape index (κ2) is 8.14. The summed E-state index contributed by atoms with van der Waals surface area (Å²) >= 11 is 0. The molecule has 4 aliphatic carbocycles. The number of aliphatic hydroxyl groups excluding tert-OH is 1. The second-order valence-corrected chi connectivity index (χ2v) is 13.2. The lowest BCUT2D eigenvalue weighted by atomic mass is 9.43. The summed E-state index contributed by atoms with van der Waals surface area (Å²) < 4.78 is 0. The van der Waals surface area contributed by atoms with E-state index in [0.717, 1.165) is 47.8 Å². The van der Waals surface area contributed by atoms with Crippen LogP contribution in [0.3, 0.4) is 0 Å². The van der Waals surface area contributed by atoms with Gasteiger partial charge in [-0.3, -0.25) is 0 Å². The zero-order valence-corrected chi connectivity index (χ0v) is 20.4. The smallest absolute Gasteiger partial charge is 0.0568 e. The topological polar surface area (TPSA) is 20.2 Å². The van der Waals surface area contributed by atoms with Crippen molar-refractivity contribution in [3.8, 4) is 0 Å². The van der Waals surface area contributed by atoms with Crippen LogP contribution >= 0.6 is 0 Å². The maximum atomic E-state index is 10.5. The van der Waals surface area contributed by atoms with E-state index < -0.39 is 0 Å². The molecule has 0 aliphatic heterocycles. The molecule has 4 rings (SSSR count). The third kappa shape index (κ3) is 3.74. The number of fused-ring (bicyclic) bond motifs is 5. The highest BCUT2D eigenvalue weighted by atomic mass is 16.3. The molecule has 4 fully saturated rings. The van der Waals surface area contributed by atoms with E-state index in [9.17, 15) is 5.11 Å². The molecule has 0 aromatic heterocycles. The molecule has 0 unspecified atom stereocenters. The highest BCUT2D eigenvalue weighted by Crippen LogP contribution is 2.68. The number of aliphatic hydroxyl groups is 1. The van der Waals surface area contributed by atoms with Crippen LogP contribution in [-0.4, -0.2) is 11.2 Å². The summed E-state index contributed by atoms with van der Waals surface area (Å²) in [7, 11) is 0. The first kappa shape index (κ1) is 22.2. The Morgan fingerprint density at radius 3 is 2.34 bits per heavy atom. The molecule has 0 heterocycles. The van der Waals surface area contributed by atoms with Crippen molar-refractivity contribution in [1.82, 2.24) is 0 Å². The Kier molecular flexibility index (Phi) is 6.22. The first-order valence-corrected chi connectivity index (χ1v) is 13.3. The van der Waals surface area contributed by atoms with Crippen molar-refractivity contribution >= 4 is 0 Å². The van der Waals surface area contributed by atoms with E-state index >= 15 is 0 Å². The van der Waals surface area contributed by atoms with Crippen molar-refractivity contribution in [2.24, 2.45) is 58.2 Å². The Hall–Kier alpha value is -0.0400. The van der Waals surface area contributed by atoms with Gasteiger partial charge >= 0.3 is 0 Å². The standard InChI is InChI=1S/C28H50O/c1-18(2)8-7-9-19(3)23-12-13-24-22-11-10-21-16-26(29)20(4)17-28(21,6)25(22)14-15-27(23,24)5/h18-26,29H,7-17H2,1-6H3/t19-,20+,21+,22+,23-,24+,25+,26+,27-,28+/m1/s1. The summed E-state index contributed by atoms with van der Waals surface area (Å²) in [6, 6.07) is 0. The normalized spacial score (nSPS) is 50.7. The monoisotopic (exact) mass is 402 g/mol. The molecule has 168 valence electrons. The van der Waals surface area contributed by atoms with Crippen LogP contribution in [0.5, 0.6) is 0 Å². The van der Waals surface area contributed by atoms with E-state index in [-0.39, 0.29) is 6.10 Å². The molecule has 0 bridgehead atoms. The fraction of sp³-hybridized carbons (Fsp3) is 1.00. The second-order valence-electron chi connectivity index (χ2n) is 13.2. The third-order valence-corrected chi connectivity index (χ3v) is 11.2. The van der Waals surface area contributed by atoms with Crippen molar-refractivity contribution in [2.45, 2.75) is 118 Å². The van der Waals surface area contributed by atoms with Gasteiger partial charge in [0.15, 0.2) is 0 Å². The average molecular weight is 403 g/mol. The molecular weight excluding hydrogens is 352 g/mol. The molecule has 0 aromatic rings. The van der Waals surface area contributed by atoms with Crippen molar-refractivity contribution in [2.75, 3.05) is 0 Å². The molecule has 1 N–H and O–H groups in total. The van der Waals surface area contributed by atoms with E-state index in [0.29, 0.717) is 16.7 Å². The fourth-order valence-electron chi connectivity index (χ4n) is 9.62. The van der Waals surface area contributed by atoms with Crippen LogP contribution in [-0.2, 0) is 0 Å². The maximum Gasteiger partial charge on any atom is 0.0568 e. The van der Waals surface area contributed by atoms with E-state index in [2.05, 4.69) is 41.5 Å². The van der Waals surface area contributed by atoms with Crippen molar-refractivity contribution in [1.29, 1.82) is 0 Å². The van der Waals surface area contributed by atoms with Gasteiger partial charge in [0, 0.05) is 0 Å². The van der Waals surface area contributed by atoms with Crippen LogP contribution in [0, 0.1) is 58.2 Å². The molecule has 0 amide bonds. The first-order chi connectivity index (χ1) is 13.7. The first-order valence-electron chi connectivity index (χ1n) is 13.3. The minimum atomic E-state index is -0.0407. The fourth-order valence-corrected chi connectivity index (χ4v) is 9.62. The van der Waals surface area contributed by atoms with Gasteiger partial charge in [-0.2, -0.15) is 0 Å². The highest BCUT2D eigenvalue weighted by molar-refractivity contribution is 5.10. The SMILES string of the molecule is CC(C)CCC[C@@H](C)[C@H]1CC[C@H]2[C@@H]3CC[C@H]4C[C@H](O)[C@@H](C)C[C@]4(C)[C@H]3CC[C@]12C. The number of hydrogen-bond acceptors (Lipinski definition) is 1. The zero-order valence-electron chi connectivity index (χ0n) is 20.4. The summed E-state index contributed by atoms with van der Waals surface area (Å²) in [4.78, 5) is 0. The van der Waals surface area contributed by atoms with Crippen LogP contribution in [0.4, 0.5) is 0 Å². The molecule has 0 spiro atoms. The molecule has 0 radical (unpaired) electrons. The Morgan fingerprint density at radius 2 is 1.62 bits per heavy atom. The Labute approximate surface area is 181 Å². The molecule has 0 saturated heterocycles. The number of rotatable bonds is 5. The Balaban J connectivity index is 1.47. The van der Waals surface area contributed by atoms with Crippen molar-refractivity contribution in [3.05, 3.63) is 0 Å². The van der Waals surface area contributed by atoms with E-state index in [4.69, 9.17) is 0 Å². The van der Waals surface area contributed by atoms with Gasteiger partial charge in [-0.15, -0.1) is 0 Å². The van der Waals surface area contributed by atoms with E-state index in [1.165, 1.54) is 64.2 Å². The largest absolute Gasteiger partial charge is 0.393 e. The quantitative estimate of drug-likeness (QED) is 0.499. The highest BCUT2D eigenvalue weighted by Gasteiger charge is 2.61. The van der Waals surface area contributed by atoms with Gasteiger partial charge in [-0.25, -0.2) is 0 Å². The molecule has 4 saturated carbocycles. The van der Waals surface area contributed by atoms with Gasteiger partial charge in [-0.1, -0.05) is 60.8 Å². The summed E-state index contributed by atoms with van der Waals surface area (Å²) in [5.41, 5.74) is 1.12. The lowest BCUT2D eigenvalue weighted by Gasteiger charge is -2.62. The molecule has 0 aromatic carbocycles. The predicted molar refractivity (Wildman–Crippen MR) is 124 cm³/mol. The van der Waals surface area contributed by atoms with Gasteiger partial charge in [0.2, 0.25) is 0 Å². The summed E-state index contributed by atoms with van der Waals surface area (Å²) in [5, 5.41) is 10.5. The van der Waals surface area contributed by atoms with Gasteiger partial charge < -0.3 is 5.11 Å². The average Bonchev–Trinajstić information content (AvgIpc) is 3.00. The minimum Gasteiger partial charge on any atom is -0.393 e. The van der Waals surface area contributed by atoms with Gasteiger partial charge in [-0.05, 0) is 110 Å². The summed E-state index contributed by atoms with van der Waals surface area (Å²) in [6.45, 7) is 15.0. The maximum absolute atomic E-state index is 10.5. The van der Waals surface area contributed by atoms with Crippen LogP contribution in [0.25, 0.3) is 0 Å². The van der Waals surface area contributed by atoms with Crippen LogP contribution in [0.15, 0.2) is 0 Å². The lowest BCUT2D eigenvalue weighted by Crippen LogP contribution is -2.55. The molecule has 1 nitrogen and oxygen atoms in total. The lowest BCUT2D eigenvalue weighted by molar-refractivity contribution is -0.142. The molecule has 4 aliphatic rings. The van der Waals surface area contributed by atoms with Gasteiger partial charge in [0.25, 0.3) is 0 Å². The van der Waals surface area contributed by atoms with E-state index in [1.807, 2.05) is 0 Å². The van der Waals surface area contributed by atoms with Gasteiger partial charge in [0.05, 0.1) is 6.10 Å². The summed E-state index contributed by atoms with van der Waals surface area (Å²) in [5.74, 6) is 6.92. The van der Waals surface area contributed by atoms with Crippen molar-refractivity contribution < 1.29 is 5.11 Å². The molecular formula is C28H50O. The molecule has 1 heteroatoms. The number of hydrogen-bond donors (Lipinski definition) is 1. The predicted octanol–water partition coefficient (Wildman–Crippen LogP) is 7.71. The molecule has 29 heavy (non-hydrogen) atoms. The van der Waals surface area contributed by atoms with Crippen LogP contribution in [0.1, 0.15) is 112 Å². The summed E-state index contributed by atoms with van der Waals surface area (Å²) in [6.07, 6.45) is 15.4. The van der Waals surface area contributed by atoms with Crippen LogP contribution in [0.2, 0.25) is 0 Å². The zero-order chi connectivity index (χ0) is 21.0. The van der Waals surface area contributed by atoms with Crippen LogP contribution < -0.4 is 0 Å². The molecule has 10 atom stereocenters.